The van der Waals surface area contributed by atoms with Gasteiger partial charge in [0.25, 0.3) is 11.5 Å². The van der Waals surface area contributed by atoms with Crippen molar-refractivity contribution in [1.29, 1.82) is 0 Å². The number of ether oxygens (including phenoxy) is 1. The van der Waals surface area contributed by atoms with Crippen molar-refractivity contribution >= 4 is 34.4 Å². The van der Waals surface area contributed by atoms with E-state index in [9.17, 15) is 29.0 Å². The largest absolute Gasteiger partial charge is 0.458 e. The number of benzene rings is 1. The molecule has 1 fully saturated rings. The molecule has 1 unspecified atom stereocenters. The van der Waals surface area contributed by atoms with E-state index in [2.05, 4.69) is 5.32 Å². The molecule has 2 aromatic heterocycles. The number of cyclic esters (lactones) is 1. The van der Waals surface area contributed by atoms with Gasteiger partial charge in [-0.15, -0.1) is 0 Å². The third kappa shape index (κ3) is 2.99. The number of hydrogen-bond donors (Lipinski definition) is 3. The summed E-state index contributed by atoms with van der Waals surface area (Å²) in [4.78, 5) is 43.7. The van der Waals surface area contributed by atoms with Gasteiger partial charge in [-0.25, -0.2) is 14.2 Å². The molecule has 0 radical (unpaired) electrons. The lowest BCUT2D eigenvalue weighted by atomic mass is 9.83. The number of aromatic nitrogens is 2. The third-order valence-electron chi connectivity index (χ3n) is 8.49. The van der Waals surface area contributed by atoms with Crippen molar-refractivity contribution in [2.24, 2.45) is 0 Å². The Balaban J connectivity index is 1.49. The average Bonchev–Trinajstić information content (AvgIpc) is 3.55. The van der Waals surface area contributed by atoms with Crippen LogP contribution in [0.25, 0.3) is 22.3 Å². The molecular formula is C27H23ClFN3O6. The minimum Gasteiger partial charge on any atom is -0.458 e. The number of pyridine rings is 2. The van der Waals surface area contributed by atoms with Gasteiger partial charge >= 0.3 is 5.97 Å². The molecule has 2 atom stereocenters. The van der Waals surface area contributed by atoms with Crippen LogP contribution in [-0.4, -0.2) is 37.2 Å². The first-order valence-electron chi connectivity index (χ1n) is 12.6. The van der Waals surface area contributed by atoms with E-state index in [1.165, 1.54) is 10.6 Å². The summed E-state index contributed by atoms with van der Waals surface area (Å²) in [6, 6.07) is 2.31. The minimum atomic E-state index is -1.97. The Kier molecular flexibility index (Phi) is 4.76. The number of amides is 1. The van der Waals surface area contributed by atoms with Crippen LogP contribution in [-0.2, 0) is 39.5 Å². The number of halogens is 2. The molecule has 1 saturated carbocycles. The van der Waals surface area contributed by atoms with E-state index in [0.29, 0.717) is 64.7 Å². The smallest absolute Gasteiger partial charge is 0.343 e. The van der Waals surface area contributed by atoms with Crippen molar-refractivity contribution in [1.82, 2.24) is 14.9 Å². The first-order valence-corrected chi connectivity index (χ1v) is 13.0. The van der Waals surface area contributed by atoms with E-state index in [4.69, 9.17) is 21.3 Å². The van der Waals surface area contributed by atoms with E-state index in [-0.39, 0.29) is 35.7 Å². The molecule has 1 aromatic carbocycles. The molecule has 0 saturated heterocycles. The predicted octanol–water partition coefficient (Wildman–Crippen LogP) is 2.50. The Morgan fingerprint density at radius 3 is 2.74 bits per heavy atom. The lowest BCUT2D eigenvalue weighted by molar-refractivity contribution is -0.172. The first-order chi connectivity index (χ1) is 18.1. The number of rotatable bonds is 3. The maximum absolute atomic E-state index is 14.8. The highest BCUT2D eigenvalue weighted by atomic mass is 35.5. The van der Waals surface area contributed by atoms with Crippen molar-refractivity contribution in [3.8, 4) is 11.4 Å². The summed E-state index contributed by atoms with van der Waals surface area (Å²) in [5.41, 5.74) is -0.344. The molecule has 7 rings (SSSR count). The fourth-order valence-corrected chi connectivity index (χ4v) is 6.38. The van der Waals surface area contributed by atoms with Crippen LogP contribution in [0.1, 0.15) is 66.5 Å². The van der Waals surface area contributed by atoms with Gasteiger partial charge in [0.15, 0.2) is 5.60 Å². The topological polar surface area (TPSA) is 131 Å². The zero-order valence-electron chi connectivity index (χ0n) is 20.4. The molecule has 9 nitrogen and oxygen atoms in total. The number of aliphatic hydroxyl groups is 2. The van der Waals surface area contributed by atoms with Crippen LogP contribution in [0.15, 0.2) is 16.9 Å². The molecule has 0 spiro atoms. The second-order valence-corrected chi connectivity index (χ2v) is 11.0. The van der Waals surface area contributed by atoms with E-state index in [1.54, 1.807) is 13.0 Å². The summed E-state index contributed by atoms with van der Waals surface area (Å²) in [6.45, 7) is 1.50. The molecule has 3 N–H and O–H groups in total. The molecule has 196 valence electrons. The summed E-state index contributed by atoms with van der Waals surface area (Å²) >= 11 is 6.37. The Morgan fingerprint density at radius 2 is 2.03 bits per heavy atom. The van der Waals surface area contributed by atoms with E-state index in [0.717, 1.165) is 0 Å². The van der Waals surface area contributed by atoms with Crippen LogP contribution in [0.4, 0.5) is 4.39 Å². The number of esters is 1. The zero-order valence-corrected chi connectivity index (χ0v) is 21.1. The Bertz CT molecular complexity index is 1700. The van der Waals surface area contributed by atoms with Crippen LogP contribution >= 0.6 is 11.6 Å². The lowest BCUT2D eigenvalue weighted by Gasteiger charge is -2.31. The van der Waals surface area contributed by atoms with Gasteiger partial charge in [0.2, 0.25) is 0 Å². The number of fused-ring (bicyclic) bond motifs is 5. The normalized spacial score (nSPS) is 23.9. The van der Waals surface area contributed by atoms with Crippen LogP contribution in [0.5, 0.6) is 0 Å². The fraction of sp³-hybridized carbons (Fsp3) is 0.407. The van der Waals surface area contributed by atoms with Crippen molar-refractivity contribution in [2.45, 2.75) is 69.4 Å². The van der Waals surface area contributed by atoms with Gasteiger partial charge in [0.1, 0.15) is 18.0 Å². The number of carbonyl (C=O) groups excluding carboxylic acids is 2. The Hall–Kier alpha value is -3.34. The van der Waals surface area contributed by atoms with Gasteiger partial charge in [-0.2, -0.15) is 0 Å². The molecule has 2 aliphatic heterocycles. The van der Waals surface area contributed by atoms with Crippen LogP contribution in [0.2, 0.25) is 5.02 Å². The Morgan fingerprint density at radius 1 is 1.26 bits per heavy atom. The minimum absolute atomic E-state index is 0.00193. The third-order valence-corrected chi connectivity index (χ3v) is 8.90. The molecule has 2 aliphatic carbocycles. The monoisotopic (exact) mass is 539 g/mol. The van der Waals surface area contributed by atoms with Gasteiger partial charge in [0.05, 0.1) is 40.1 Å². The second kappa shape index (κ2) is 7.62. The second-order valence-electron chi connectivity index (χ2n) is 10.6. The zero-order chi connectivity index (χ0) is 26.7. The fourth-order valence-electron chi connectivity index (χ4n) is 6.14. The van der Waals surface area contributed by atoms with Gasteiger partial charge < -0.3 is 24.8 Å². The quantitative estimate of drug-likeness (QED) is 0.341. The SMILES string of the molecule is CC[C@@]1(O)C(=O)OCc2c1cc1n(c2=O)Cc2c-1nc1cc(F)c(Cl)c3c1c2C(NC(=O)C1(O)CC1)CC3. The van der Waals surface area contributed by atoms with E-state index in [1.807, 2.05) is 0 Å². The molecule has 3 aromatic rings. The molecule has 11 heteroatoms. The number of nitrogens with one attached hydrogen (secondary N) is 1. The number of hydrogen-bond acceptors (Lipinski definition) is 7. The van der Waals surface area contributed by atoms with Gasteiger partial charge in [-0.1, -0.05) is 18.5 Å². The summed E-state index contributed by atoms with van der Waals surface area (Å²) in [7, 11) is 0. The number of nitrogens with zero attached hydrogens (tertiary/aromatic N) is 2. The summed E-state index contributed by atoms with van der Waals surface area (Å²) in [6.07, 6.45) is 1.60. The first kappa shape index (κ1) is 23.8. The highest BCUT2D eigenvalue weighted by Gasteiger charge is 2.49. The number of aryl methyl sites for hydroxylation is 1. The lowest BCUT2D eigenvalue weighted by Crippen LogP contribution is -2.44. The average molecular weight is 540 g/mol. The van der Waals surface area contributed by atoms with E-state index >= 15 is 0 Å². The maximum Gasteiger partial charge on any atom is 0.343 e. The van der Waals surface area contributed by atoms with Crippen LogP contribution < -0.4 is 10.9 Å². The molecule has 4 aliphatic rings. The van der Waals surface area contributed by atoms with Gasteiger partial charge in [-0.05, 0) is 49.3 Å². The number of carbonyl (C=O) groups is 2. The van der Waals surface area contributed by atoms with Crippen molar-refractivity contribution in [3.05, 3.63) is 61.1 Å². The standard InChI is InChI=1S/C27H23ClFN3O6/c1-2-27(37)14-7-18-22-12(9-32(18)23(33)13(14)10-38-25(27)35)20-16(31-24(34)26(36)5-6-26)4-3-11-19(20)17(30-22)8-15(29)21(11)28/h7-8,16,36-37H,2-6,9-10H2,1H3,(H,31,34)/t16?,27-/m0/s1. The molecular weight excluding hydrogens is 517 g/mol. The molecule has 1 amide bonds. The Labute approximate surface area is 220 Å². The summed E-state index contributed by atoms with van der Waals surface area (Å²) < 4.78 is 21.5. The maximum atomic E-state index is 14.8. The molecule has 4 heterocycles. The summed E-state index contributed by atoms with van der Waals surface area (Å²) in [5.74, 6) is -1.91. The van der Waals surface area contributed by atoms with Crippen molar-refractivity contribution in [3.63, 3.8) is 0 Å². The molecule has 38 heavy (non-hydrogen) atoms. The van der Waals surface area contributed by atoms with Gasteiger partial charge in [-0.3, -0.25) is 9.59 Å². The van der Waals surface area contributed by atoms with Crippen LogP contribution in [0.3, 0.4) is 0 Å². The van der Waals surface area contributed by atoms with Gasteiger partial charge in [0, 0.05) is 22.6 Å². The van der Waals surface area contributed by atoms with E-state index < -0.39 is 40.5 Å². The van der Waals surface area contributed by atoms with Crippen molar-refractivity contribution < 1.29 is 28.9 Å². The highest BCUT2D eigenvalue weighted by molar-refractivity contribution is 6.32. The van der Waals surface area contributed by atoms with Crippen LogP contribution in [0, 0.1) is 5.82 Å². The van der Waals surface area contributed by atoms with Crippen molar-refractivity contribution in [2.75, 3.05) is 0 Å². The highest BCUT2D eigenvalue weighted by Crippen LogP contribution is 2.47. The summed E-state index contributed by atoms with van der Waals surface area (Å²) in [5, 5.41) is 25.1. The predicted molar refractivity (Wildman–Crippen MR) is 133 cm³/mol. The molecule has 0 bridgehead atoms.